The normalized spacial score (nSPS) is 10.4. The van der Waals surface area contributed by atoms with Crippen LogP contribution < -0.4 is 5.32 Å². The molecule has 2 aromatic heterocycles. The van der Waals surface area contributed by atoms with Gasteiger partial charge in [-0.3, -0.25) is 4.98 Å². The highest BCUT2D eigenvalue weighted by Crippen LogP contribution is 2.25. The van der Waals surface area contributed by atoms with E-state index in [9.17, 15) is 0 Å². The molecular weight excluding hydrogens is 339 g/mol. The Kier molecular flexibility index (Phi) is 4.11. The minimum Gasteiger partial charge on any atom is -0.372 e. The van der Waals surface area contributed by atoms with Gasteiger partial charge < -0.3 is 5.32 Å². The highest BCUT2D eigenvalue weighted by atomic mass is 127. The van der Waals surface area contributed by atoms with Crippen molar-refractivity contribution >= 4 is 28.4 Å². The first-order valence-electron chi connectivity index (χ1n) is 5.82. The molecule has 0 saturated heterocycles. The minimum absolute atomic E-state index is 0.761. The fourth-order valence-electron chi connectivity index (χ4n) is 1.74. The van der Waals surface area contributed by atoms with Gasteiger partial charge in [-0.15, -0.1) is 0 Å². The van der Waals surface area contributed by atoms with Crippen molar-refractivity contribution < 1.29 is 0 Å². The van der Waals surface area contributed by atoms with Crippen LogP contribution in [0.5, 0.6) is 0 Å². The van der Waals surface area contributed by atoms with Crippen LogP contribution in [0, 0.1) is 10.5 Å². The molecule has 1 N–H and O–H groups in total. The predicted octanol–water partition coefficient (Wildman–Crippen LogP) is 3.06. The van der Waals surface area contributed by atoms with E-state index in [1.54, 1.807) is 6.20 Å². The Labute approximate surface area is 120 Å². The van der Waals surface area contributed by atoms with Crippen molar-refractivity contribution in [3.8, 4) is 11.4 Å². The second kappa shape index (κ2) is 5.60. The number of aromatic nitrogens is 3. The topological polar surface area (TPSA) is 50.7 Å². The Morgan fingerprint density at radius 3 is 2.72 bits per heavy atom. The van der Waals surface area contributed by atoms with E-state index < -0.39 is 0 Å². The lowest BCUT2D eigenvalue weighted by Gasteiger charge is -2.11. The molecule has 2 rings (SSSR count). The van der Waals surface area contributed by atoms with Crippen LogP contribution in [0.4, 0.5) is 5.82 Å². The fourth-order valence-corrected chi connectivity index (χ4v) is 2.63. The Morgan fingerprint density at radius 1 is 1.33 bits per heavy atom. The van der Waals surface area contributed by atoms with Crippen molar-refractivity contribution in [3.63, 3.8) is 0 Å². The van der Waals surface area contributed by atoms with Crippen LogP contribution in [0.3, 0.4) is 0 Å². The van der Waals surface area contributed by atoms with Crippen LogP contribution >= 0.6 is 22.6 Å². The van der Waals surface area contributed by atoms with Gasteiger partial charge in [-0.05, 0) is 47.6 Å². The third-order valence-electron chi connectivity index (χ3n) is 2.75. The zero-order valence-electron chi connectivity index (χ0n) is 10.7. The Bertz CT molecular complexity index is 544. The number of anilines is 1. The number of aryl methyl sites for hydroxylation is 2. The summed E-state index contributed by atoms with van der Waals surface area (Å²) in [5.74, 6) is 1.64. The second-order valence-corrected chi connectivity index (χ2v) is 5.03. The number of nitrogens with one attached hydrogen (secondary N) is 1. The number of hydrogen-bond acceptors (Lipinski definition) is 4. The molecule has 18 heavy (non-hydrogen) atoms. The Hall–Kier alpha value is -1.24. The molecule has 0 saturated carbocycles. The van der Waals surface area contributed by atoms with Crippen LogP contribution in [-0.2, 0) is 6.42 Å². The summed E-state index contributed by atoms with van der Waals surface area (Å²) in [6, 6.07) is 1.95. The van der Waals surface area contributed by atoms with Gasteiger partial charge in [0.25, 0.3) is 0 Å². The molecule has 0 amide bonds. The van der Waals surface area contributed by atoms with Crippen molar-refractivity contribution in [3.05, 3.63) is 33.3 Å². The molecule has 0 spiro atoms. The van der Waals surface area contributed by atoms with Gasteiger partial charge >= 0.3 is 0 Å². The van der Waals surface area contributed by atoms with Crippen LogP contribution in [-0.4, -0.2) is 22.0 Å². The van der Waals surface area contributed by atoms with Gasteiger partial charge in [-0.1, -0.05) is 6.92 Å². The minimum atomic E-state index is 0.761. The van der Waals surface area contributed by atoms with E-state index >= 15 is 0 Å². The first kappa shape index (κ1) is 13.2. The van der Waals surface area contributed by atoms with Gasteiger partial charge in [-0.25, -0.2) is 9.97 Å². The van der Waals surface area contributed by atoms with Gasteiger partial charge in [0.2, 0.25) is 0 Å². The zero-order valence-corrected chi connectivity index (χ0v) is 12.8. The summed E-state index contributed by atoms with van der Waals surface area (Å²) in [5, 5.41) is 3.13. The fraction of sp³-hybridized carbons (Fsp3) is 0.308. The summed E-state index contributed by atoms with van der Waals surface area (Å²) < 4.78 is 1.09. The SMILES string of the molecule is CCc1nc(-c2ccncc2C)nc(NC)c1I. The monoisotopic (exact) mass is 354 g/mol. The first-order valence-corrected chi connectivity index (χ1v) is 6.90. The van der Waals surface area contributed by atoms with Crippen molar-refractivity contribution in [2.24, 2.45) is 0 Å². The molecule has 2 heterocycles. The van der Waals surface area contributed by atoms with E-state index in [-0.39, 0.29) is 0 Å². The lowest BCUT2D eigenvalue weighted by atomic mass is 10.1. The van der Waals surface area contributed by atoms with Crippen LogP contribution in [0.1, 0.15) is 18.2 Å². The molecule has 0 bridgehead atoms. The van der Waals surface area contributed by atoms with Crippen molar-refractivity contribution in [1.29, 1.82) is 0 Å². The number of nitrogens with zero attached hydrogens (tertiary/aromatic N) is 3. The van der Waals surface area contributed by atoms with Gasteiger partial charge in [-0.2, -0.15) is 0 Å². The maximum absolute atomic E-state index is 4.64. The molecule has 0 unspecified atom stereocenters. The third-order valence-corrected chi connectivity index (χ3v) is 3.89. The maximum Gasteiger partial charge on any atom is 0.162 e. The van der Waals surface area contributed by atoms with E-state index in [0.717, 1.165) is 38.5 Å². The standard InChI is InChI=1S/C13H15IN4/c1-4-10-11(14)13(15-3)18-12(17-10)9-5-6-16-7-8(9)2/h5-7H,4H2,1-3H3,(H,15,17,18). The average Bonchev–Trinajstić information content (AvgIpc) is 2.40. The summed E-state index contributed by atoms with van der Waals surface area (Å²) in [5.41, 5.74) is 3.19. The summed E-state index contributed by atoms with van der Waals surface area (Å²) in [6.45, 7) is 4.13. The zero-order chi connectivity index (χ0) is 13.1. The molecule has 0 radical (unpaired) electrons. The van der Waals surface area contributed by atoms with Crippen molar-refractivity contribution in [2.75, 3.05) is 12.4 Å². The predicted molar refractivity (Wildman–Crippen MR) is 81.6 cm³/mol. The Morgan fingerprint density at radius 2 is 2.11 bits per heavy atom. The quantitative estimate of drug-likeness (QED) is 0.861. The summed E-state index contributed by atoms with van der Waals surface area (Å²) >= 11 is 2.29. The maximum atomic E-state index is 4.64. The van der Waals surface area contributed by atoms with Crippen LogP contribution in [0.15, 0.2) is 18.5 Å². The van der Waals surface area contributed by atoms with Gasteiger partial charge in [0.1, 0.15) is 5.82 Å². The van der Waals surface area contributed by atoms with Gasteiger partial charge in [0, 0.05) is 25.0 Å². The summed E-state index contributed by atoms with van der Waals surface area (Å²) in [6.07, 6.45) is 4.50. The number of rotatable bonds is 3. The molecule has 0 atom stereocenters. The lowest BCUT2D eigenvalue weighted by Crippen LogP contribution is -2.05. The molecule has 94 valence electrons. The summed E-state index contributed by atoms with van der Waals surface area (Å²) in [7, 11) is 1.88. The molecule has 0 aromatic carbocycles. The molecule has 0 aliphatic heterocycles. The summed E-state index contributed by atoms with van der Waals surface area (Å²) in [4.78, 5) is 13.3. The molecule has 0 aliphatic carbocycles. The van der Waals surface area contributed by atoms with Crippen molar-refractivity contribution in [2.45, 2.75) is 20.3 Å². The van der Waals surface area contributed by atoms with E-state index in [4.69, 9.17) is 0 Å². The Balaban J connectivity index is 2.62. The van der Waals surface area contributed by atoms with Crippen LogP contribution in [0.2, 0.25) is 0 Å². The molecular formula is C13H15IN4. The highest BCUT2D eigenvalue weighted by Gasteiger charge is 2.12. The molecule has 0 fully saturated rings. The highest BCUT2D eigenvalue weighted by molar-refractivity contribution is 14.1. The smallest absolute Gasteiger partial charge is 0.162 e. The van der Waals surface area contributed by atoms with E-state index in [2.05, 4.69) is 49.8 Å². The molecule has 2 aromatic rings. The van der Waals surface area contributed by atoms with Gasteiger partial charge in [0.05, 0.1) is 9.26 Å². The first-order chi connectivity index (χ1) is 8.67. The second-order valence-electron chi connectivity index (χ2n) is 3.95. The van der Waals surface area contributed by atoms with E-state index in [0.29, 0.717) is 0 Å². The molecule has 0 aliphatic rings. The molecule has 5 heteroatoms. The average molecular weight is 354 g/mol. The van der Waals surface area contributed by atoms with E-state index in [1.165, 1.54) is 0 Å². The largest absolute Gasteiger partial charge is 0.372 e. The number of pyridine rings is 1. The number of halogens is 1. The number of hydrogen-bond donors (Lipinski definition) is 1. The van der Waals surface area contributed by atoms with E-state index in [1.807, 2.05) is 26.2 Å². The van der Waals surface area contributed by atoms with Crippen LogP contribution in [0.25, 0.3) is 11.4 Å². The lowest BCUT2D eigenvalue weighted by molar-refractivity contribution is 0.987. The molecule has 4 nitrogen and oxygen atoms in total. The van der Waals surface area contributed by atoms with Gasteiger partial charge in [0.15, 0.2) is 5.82 Å². The van der Waals surface area contributed by atoms with Crippen molar-refractivity contribution in [1.82, 2.24) is 15.0 Å². The third kappa shape index (κ3) is 2.45.